The van der Waals surface area contributed by atoms with E-state index >= 15 is 0 Å². The minimum absolute atomic E-state index is 0.809. The van der Waals surface area contributed by atoms with Crippen LogP contribution in [0.1, 0.15) is 4.88 Å². The minimum atomic E-state index is 0.809. The summed E-state index contributed by atoms with van der Waals surface area (Å²) in [6.45, 7) is 4.56. The number of nitrogens with one attached hydrogen (secondary N) is 1. The van der Waals surface area contributed by atoms with Gasteiger partial charge in [-0.1, -0.05) is 29.8 Å². The van der Waals surface area contributed by atoms with Crippen molar-refractivity contribution in [2.75, 3.05) is 11.1 Å². The van der Waals surface area contributed by atoms with E-state index in [2.05, 4.69) is 30.1 Å². The highest BCUT2D eigenvalue weighted by atomic mass is 35.5. The topological polar surface area (TPSA) is 12.0 Å². The molecule has 1 nitrogen and oxygen atoms in total. The molecule has 0 aliphatic heterocycles. The average Bonchev–Trinajstić information content (AvgIpc) is 2.81. The number of rotatable bonds is 6. The molecule has 0 spiro atoms. The van der Waals surface area contributed by atoms with Crippen molar-refractivity contribution in [1.29, 1.82) is 0 Å². The van der Waals surface area contributed by atoms with Gasteiger partial charge < -0.3 is 5.32 Å². The van der Waals surface area contributed by atoms with E-state index in [0.29, 0.717) is 0 Å². The van der Waals surface area contributed by atoms with Crippen molar-refractivity contribution >= 4 is 40.4 Å². The van der Waals surface area contributed by atoms with Crippen molar-refractivity contribution in [3.05, 3.63) is 58.3 Å². The fourth-order valence-corrected chi connectivity index (χ4v) is 3.30. The molecule has 0 radical (unpaired) electrons. The molecule has 2 aromatic rings. The number of halogens is 1. The SMILES string of the molecule is C=CCSc1ccccc1NCc1cc(Cl)cs1. The quantitative estimate of drug-likeness (QED) is 0.574. The molecule has 0 aliphatic carbocycles. The number of hydrogen-bond donors (Lipinski definition) is 1. The summed E-state index contributed by atoms with van der Waals surface area (Å²) in [4.78, 5) is 2.49. The first-order valence-corrected chi connectivity index (χ1v) is 7.83. The lowest BCUT2D eigenvalue weighted by Gasteiger charge is -2.10. The minimum Gasteiger partial charge on any atom is -0.379 e. The Kier molecular flexibility index (Phi) is 5.17. The van der Waals surface area contributed by atoms with Crippen LogP contribution in [0.3, 0.4) is 0 Å². The van der Waals surface area contributed by atoms with Crippen LogP contribution in [0.2, 0.25) is 5.02 Å². The summed E-state index contributed by atoms with van der Waals surface area (Å²) < 4.78 is 0. The molecule has 1 N–H and O–H groups in total. The standard InChI is InChI=1S/C14H14ClNS2/c1-2-7-17-14-6-4-3-5-13(14)16-9-12-8-11(15)10-18-12/h2-6,8,10,16H,1,7,9H2. The second-order valence-electron chi connectivity index (χ2n) is 3.68. The summed E-state index contributed by atoms with van der Waals surface area (Å²) in [6, 6.07) is 10.3. The summed E-state index contributed by atoms with van der Waals surface area (Å²) in [7, 11) is 0. The van der Waals surface area contributed by atoms with Crippen molar-refractivity contribution in [3.8, 4) is 0 Å². The summed E-state index contributed by atoms with van der Waals surface area (Å²) in [5.41, 5.74) is 1.16. The van der Waals surface area contributed by atoms with Crippen molar-refractivity contribution in [1.82, 2.24) is 0 Å². The van der Waals surface area contributed by atoms with E-state index in [9.17, 15) is 0 Å². The van der Waals surface area contributed by atoms with Crippen LogP contribution in [-0.4, -0.2) is 5.75 Å². The lowest BCUT2D eigenvalue weighted by atomic mass is 10.3. The number of thioether (sulfide) groups is 1. The lowest BCUT2D eigenvalue weighted by molar-refractivity contribution is 1.17. The molecule has 1 heterocycles. The van der Waals surface area contributed by atoms with Crippen LogP contribution in [0.4, 0.5) is 5.69 Å². The van der Waals surface area contributed by atoms with Gasteiger partial charge in [0.2, 0.25) is 0 Å². The van der Waals surface area contributed by atoms with E-state index in [0.717, 1.165) is 23.0 Å². The van der Waals surface area contributed by atoms with Crippen LogP contribution >= 0.6 is 34.7 Å². The first-order valence-electron chi connectivity index (χ1n) is 5.59. The second-order valence-corrected chi connectivity index (χ2v) is 6.17. The highest BCUT2D eigenvalue weighted by molar-refractivity contribution is 7.99. The first kappa shape index (κ1) is 13.5. The number of benzene rings is 1. The summed E-state index contributed by atoms with van der Waals surface area (Å²) >= 11 is 9.37. The average molecular weight is 296 g/mol. The lowest BCUT2D eigenvalue weighted by Crippen LogP contribution is -1.98. The molecular weight excluding hydrogens is 282 g/mol. The van der Waals surface area contributed by atoms with E-state index in [-0.39, 0.29) is 0 Å². The van der Waals surface area contributed by atoms with E-state index in [1.165, 1.54) is 9.77 Å². The van der Waals surface area contributed by atoms with Gasteiger partial charge in [-0.15, -0.1) is 29.7 Å². The molecule has 4 heteroatoms. The largest absolute Gasteiger partial charge is 0.379 e. The maximum absolute atomic E-state index is 5.91. The fraction of sp³-hybridized carbons (Fsp3) is 0.143. The Hall–Kier alpha value is -0.900. The van der Waals surface area contributed by atoms with Gasteiger partial charge in [0.1, 0.15) is 0 Å². The molecule has 94 valence electrons. The Morgan fingerprint density at radius 1 is 1.39 bits per heavy atom. The van der Waals surface area contributed by atoms with Crippen LogP contribution in [0, 0.1) is 0 Å². The van der Waals surface area contributed by atoms with Crippen LogP contribution in [0.25, 0.3) is 0 Å². The van der Waals surface area contributed by atoms with Crippen molar-refractivity contribution in [2.45, 2.75) is 11.4 Å². The first-order chi connectivity index (χ1) is 8.79. The molecule has 0 fully saturated rings. The fourth-order valence-electron chi connectivity index (χ4n) is 1.52. The van der Waals surface area contributed by atoms with Gasteiger partial charge in [0, 0.05) is 33.1 Å². The Balaban J connectivity index is 2.01. The zero-order chi connectivity index (χ0) is 12.8. The van der Waals surface area contributed by atoms with Crippen molar-refractivity contribution < 1.29 is 0 Å². The molecule has 0 amide bonds. The summed E-state index contributed by atoms with van der Waals surface area (Å²) in [5.74, 6) is 0.920. The maximum atomic E-state index is 5.91. The maximum Gasteiger partial charge on any atom is 0.0516 e. The molecule has 0 atom stereocenters. The summed E-state index contributed by atoms with van der Waals surface area (Å²) in [5, 5.41) is 6.21. The van der Waals surface area contributed by atoms with Gasteiger partial charge in [-0.3, -0.25) is 0 Å². The molecule has 1 aromatic carbocycles. The van der Waals surface area contributed by atoms with Crippen LogP contribution in [-0.2, 0) is 6.54 Å². The Morgan fingerprint density at radius 3 is 2.94 bits per heavy atom. The highest BCUT2D eigenvalue weighted by Crippen LogP contribution is 2.28. The molecular formula is C14H14ClNS2. The van der Waals surface area contributed by atoms with Gasteiger partial charge in [0.05, 0.1) is 5.02 Å². The van der Waals surface area contributed by atoms with Crippen LogP contribution < -0.4 is 5.32 Å². The number of anilines is 1. The van der Waals surface area contributed by atoms with Crippen LogP contribution in [0.15, 0.2) is 53.3 Å². The molecule has 0 unspecified atom stereocenters. The van der Waals surface area contributed by atoms with Gasteiger partial charge in [-0.25, -0.2) is 0 Å². The summed E-state index contributed by atoms with van der Waals surface area (Å²) in [6.07, 6.45) is 1.92. The zero-order valence-electron chi connectivity index (χ0n) is 9.86. The number of para-hydroxylation sites is 1. The molecule has 0 saturated heterocycles. The molecule has 0 aliphatic rings. The van der Waals surface area contributed by atoms with Crippen molar-refractivity contribution in [2.24, 2.45) is 0 Å². The van der Waals surface area contributed by atoms with Gasteiger partial charge >= 0.3 is 0 Å². The smallest absolute Gasteiger partial charge is 0.0516 e. The van der Waals surface area contributed by atoms with E-state index in [4.69, 9.17) is 11.6 Å². The van der Waals surface area contributed by atoms with Crippen LogP contribution in [0.5, 0.6) is 0 Å². The Bertz CT molecular complexity index is 522. The predicted octanol–water partition coefficient (Wildman–Crippen LogP) is 5.29. The van der Waals surface area contributed by atoms with Gasteiger partial charge in [0.25, 0.3) is 0 Å². The zero-order valence-corrected chi connectivity index (χ0v) is 12.2. The normalized spacial score (nSPS) is 10.3. The molecule has 0 bridgehead atoms. The third kappa shape index (κ3) is 3.80. The Labute approximate surface area is 121 Å². The van der Waals surface area contributed by atoms with E-state index in [1.54, 1.807) is 23.1 Å². The second kappa shape index (κ2) is 6.88. The monoisotopic (exact) mass is 295 g/mol. The molecule has 0 saturated carbocycles. The highest BCUT2D eigenvalue weighted by Gasteiger charge is 2.02. The van der Waals surface area contributed by atoms with E-state index in [1.807, 2.05) is 23.6 Å². The molecule has 1 aromatic heterocycles. The van der Waals surface area contributed by atoms with Crippen molar-refractivity contribution in [3.63, 3.8) is 0 Å². The Morgan fingerprint density at radius 2 is 2.22 bits per heavy atom. The van der Waals surface area contributed by atoms with Gasteiger partial charge in [-0.2, -0.15) is 0 Å². The molecule has 2 rings (SSSR count). The number of thiophene rings is 1. The predicted molar refractivity (Wildman–Crippen MR) is 84.0 cm³/mol. The van der Waals surface area contributed by atoms with E-state index < -0.39 is 0 Å². The third-order valence-corrected chi connectivity index (χ3v) is 4.67. The molecule has 18 heavy (non-hydrogen) atoms. The third-order valence-electron chi connectivity index (χ3n) is 2.32. The number of hydrogen-bond acceptors (Lipinski definition) is 3. The van der Waals surface area contributed by atoms with Gasteiger partial charge in [-0.05, 0) is 18.2 Å². The van der Waals surface area contributed by atoms with Gasteiger partial charge in [0.15, 0.2) is 0 Å².